The van der Waals surface area contributed by atoms with Crippen LogP contribution in [0.3, 0.4) is 0 Å². The van der Waals surface area contributed by atoms with Gasteiger partial charge < -0.3 is 24.8 Å². The first kappa shape index (κ1) is 22.0. The first-order chi connectivity index (χ1) is 14.0. The summed E-state index contributed by atoms with van der Waals surface area (Å²) < 4.78 is 11.7. The molecule has 2 N–H and O–H groups in total. The van der Waals surface area contributed by atoms with E-state index in [0.717, 1.165) is 12.0 Å². The summed E-state index contributed by atoms with van der Waals surface area (Å²) in [7, 11) is 0. The van der Waals surface area contributed by atoms with E-state index in [-0.39, 0.29) is 49.6 Å². The average Bonchev–Trinajstić information content (AvgIpc) is 2.70. The maximum Gasteiger partial charge on any atom is 0.222 e. The number of hydrogen-bond donors (Lipinski definition) is 2. The van der Waals surface area contributed by atoms with E-state index in [0.29, 0.717) is 31.0 Å². The topological polar surface area (TPSA) is 88.1 Å². The Morgan fingerprint density at radius 2 is 2.07 bits per heavy atom. The Kier molecular flexibility index (Phi) is 7.89. The van der Waals surface area contributed by atoms with Gasteiger partial charge in [-0.3, -0.25) is 9.59 Å². The van der Waals surface area contributed by atoms with Crippen molar-refractivity contribution < 1.29 is 24.2 Å². The molecule has 0 radical (unpaired) electrons. The number of nitrogens with zero attached hydrogens (tertiary/aromatic N) is 1. The molecule has 7 nitrogen and oxygen atoms in total. The highest BCUT2D eigenvalue weighted by Gasteiger charge is 2.39. The van der Waals surface area contributed by atoms with E-state index < -0.39 is 6.10 Å². The van der Waals surface area contributed by atoms with Crippen molar-refractivity contribution in [2.45, 2.75) is 63.5 Å². The van der Waals surface area contributed by atoms with Gasteiger partial charge in [-0.1, -0.05) is 36.7 Å². The second-order valence-corrected chi connectivity index (χ2v) is 8.01. The van der Waals surface area contributed by atoms with Gasteiger partial charge in [0.25, 0.3) is 0 Å². The zero-order chi connectivity index (χ0) is 20.8. The summed E-state index contributed by atoms with van der Waals surface area (Å²) in [4.78, 5) is 26.5. The van der Waals surface area contributed by atoms with Gasteiger partial charge >= 0.3 is 0 Å². The minimum absolute atomic E-state index is 0.000447. The molecule has 2 fully saturated rings. The molecule has 2 aliphatic heterocycles. The summed E-state index contributed by atoms with van der Waals surface area (Å²) in [5, 5.41) is 13.6. The molecule has 0 aliphatic carbocycles. The maximum atomic E-state index is 12.4. The van der Waals surface area contributed by atoms with Crippen molar-refractivity contribution in [2.24, 2.45) is 0 Å². The number of carbonyl (C=O) groups excluding carboxylic acids is 2. The van der Waals surface area contributed by atoms with E-state index in [4.69, 9.17) is 21.1 Å². The predicted octanol–water partition coefficient (Wildman–Crippen LogP) is 1.89. The third-order valence-electron chi connectivity index (χ3n) is 5.45. The minimum Gasteiger partial charge on any atom is -0.389 e. The molecule has 3 rings (SSSR count). The van der Waals surface area contributed by atoms with E-state index in [2.05, 4.69) is 5.32 Å². The molecule has 0 spiro atoms. The molecule has 160 valence electrons. The van der Waals surface area contributed by atoms with Gasteiger partial charge in [0.15, 0.2) is 0 Å². The summed E-state index contributed by atoms with van der Waals surface area (Å²) in [6.07, 6.45) is 0.795. The number of carbonyl (C=O) groups is 2. The van der Waals surface area contributed by atoms with Gasteiger partial charge in [0.2, 0.25) is 11.8 Å². The number of aliphatic hydroxyl groups is 1. The summed E-state index contributed by atoms with van der Waals surface area (Å²) in [5.41, 5.74) is 0.868. The van der Waals surface area contributed by atoms with Crippen LogP contribution in [0.5, 0.6) is 0 Å². The van der Waals surface area contributed by atoms with Gasteiger partial charge in [0.1, 0.15) is 6.10 Å². The van der Waals surface area contributed by atoms with E-state index in [1.807, 2.05) is 25.1 Å². The molecule has 0 aromatic heterocycles. The molecule has 0 bridgehead atoms. The van der Waals surface area contributed by atoms with Crippen molar-refractivity contribution in [2.75, 3.05) is 19.8 Å². The Bertz CT molecular complexity index is 716. The lowest BCUT2D eigenvalue weighted by Gasteiger charge is -2.44. The number of amides is 2. The molecule has 1 aromatic rings. The van der Waals surface area contributed by atoms with Crippen molar-refractivity contribution in [1.82, 2.24) is 10.2 Å². The lowest BCUT2D eigenvalue weighted by Crippen LogP contribution is -2.57. The van der Waals surface area contributed by atoms with Crippen LogP contribution >= 0.6 is 11.6 Å². The summed E-state index contributed by atoms with van der Waals surface area (Å²) in [5.74, 6) is -0.0995. The van der Waals surface area contributed by atoms with Crippen molar-refractivity contribution in [3.05, 3.63) is 34.9 Å². The van der Waals surface area contributed by atoms with Gasteiger partial charge in [-0.25, -0.2) is 0 Å². The van der Waals surface area contributed by atoms with Gasteiger partial charge in [0, 0.05) is 24.5 Å². The van der Waals surface area contributed by atoms with E-state index in [1.54, 1.807) is 11.0 Å². The Balaban J connectivity index is 1.55. The van der Waals surface area contributed by atoms with Gasteiger partial charge in [-0.15, -0.1) is 0 Å². The Labute approximate surface area is 176 Å². The van der Waals surface area contributed by atoms with E-state index >= 15 is 0 Å². The highest BCUT2D eigenvalue weighted by Crippen LogP contribution is 2.28. The van der Waals surface area contributed by atoms with Crippen molar-refractivity contribution in [3.8, 4) is 0 Å². The van der Waals surface area contributed by atoms with Gasteiger partial charge in [0.05, 0.1) is 37.9 Å². The standard InChI is InChI=1S/C21H29ClN2O5/c1-2-21(27)24-11-15(25)12-28-13-19-18(24)8-7-16(29-19)9-20(26)23-10-14-5-3-4-6-17(14)22/h3-6,15-16,18-19,25H,2,7-13H2,1H3,(H,23,26)/t15-,16+,18-,19+/m1/s1. The normalized spacial score (nSPS) is 27.5. The smallest absolute Gasteiger partial charge is 0.222 e. The molecule has 0 unspecified atom stereocenters. The fraction of sp³-hybridized carbons (Fsp3) is 0.619. The van der Waals surface area contributed by atoms with E-state index in [9.17, 15) is 14.7 Å². The van der Waals surface area contributed by atoms with Gasteiger partial charge in [-0.05, 0) is 24.5 Å². The number of β-amino-alcohol motifs (C(OH)–C–C–N with tert-alkyl or cyclic N) is 1. The van der Waals surface area contributed by atoms with Crippen LogP contribution in [0, 0.1) is 0 Å². The van der Waals surface area contributed by atoms with Crippen molar-refractivity contribution in [3.63, 3.8) is 0 Å². The van der Waals surface area contributed by atoms with Crippen LogP contribution in [0.2, 0.25) is 5.02 Å². The fourth-order valence-electron chi connectivity index (χ4n) is 3.95. The number of ether oxygens (including phenoxy) is 2. The van der Waals surface area contributed by atoms with E-state index in [1.165, 1.54) is 0 Å². The first-order valence-corrected chi connectivity index (χ1v) is 10.6. The highest BCUT2D eigenvalue weighted by molar-refractivity contribution is 6.31. The lowest BCUT2D eigenvalue weighted by molar-refractivity contribution is -0.169. The molecule has 2 heterocycles. The molecule has 0 saturated carbocycles. The fourth-order valence-corrected chi connectivity index (χ4v) is 4.15. The molecule has 2 saturated heterocycles. The third-order valence-corrected chi connectivity index (χ3v) is 5.82. The van der Waals surface area contributed by atoms with Crippen molar-refractivity contribution in [1.29, 1.82) is 0 Å². The largest absolute Gasteiger partial charge is 0.389 e. The zero-order valence-electron chi connectivity index (χ0n) is 16.7. The first-order valence-electron chi connectivity index (χ1n) is 10.2. The number of rotatable bonds is 5. The van der Waals surface area contributed by atoms with Crippen LogP contribution in [0.25, 0.3) is 0 Å². The zero-order valence-corrected chi connectivity index (χ0v) is 17.4. The number of fused-ring (bicyclic) bond motifs is 1. The molecule has 8 heteroatoms. The van der Waals surface area contributed by atoms with Crippen LogP contribution in [0.4, 0.5) is 0 Å². The average molecular weight is 425 g/mol. The number of benzene rings is 1. The summed E-state index contributed by atoms with van der Waals surface area (Å²) >= 11 is 6.13. The minimum atomic E-state index is -0.695. The second kappa shape index (κ2) is 10.4. The third kappa shape index (κ3) is 5.92. The number of hydrogen-bond acceptors (Lipinski definition) is 5. The SMILES string of the molecule is CCC(=O)N1C[C@@H](O)COC[C@@H]2O[C@H](CC(=O)NCc3ccccc3Cl)CC[C@H]21. The molecular weight excluding hydrogens is 396 g/mol. The predicted molar refractivity (Wildman–Crippen MR) is 108 cm³/mol. The lowest BCUT2D eigenvalue weighted by atomic mass is 9.94. The van der Waals surface area contributed by atoms with Crippen LogP contribution in [-0.4, -0.2) is 65.9 Å². The van der Waals surface area contributed by atoms with Crippen LogP contribution < -0.4 is 5.32 Å². The molecule has 1 aromatic carbocycles. The Morgan fingerprint density at radius 3 is 2.83 bits per heavy atom. The quantitative estimate of drug-likeness (QED) is 0.753. The molecule has 29 heavy (non-hydrogen) atoms. The Hall–Kier alpha value is -1.67. The number of nitrogens with one attached hydrogen (secondary N) is 1. The monoisotopic (exact) mass is 424 g/mol. The number of aliphatic hydroxyl groups excluding tert-OH is 1. The summed E-state index contributed by atoms with van der Waals surface area (Å²) in [6, 6.07) is 7.27. The second-order valence-electron chi connectivity index (χ2n) is 7.60. The maximum absolute atomic E-state index is 12.4. The molecular formula is C21H29ClN2O5. The molecule has 2 aliphatic rings. The van der Waals surface area contributed by atoms with Gasteiger partial charge in [-0.2, -0.15) is 0 Å². The van der Waals surface area contributed by atoms with Crippen molar-refractivity contribution >= 4 is 23.4 Å². The summed E-state index contributed by atoms with van der Waals surface area (Å²) in [6.45, 7) is 2.90. The van der Waals surface area contributed by atoms with Crippen LogP contribution in [0.1, 0.15) is 38.2 Å². The Morgan fingerprint density at radius 1 is 1.28 bits per heavy atom. The van der Waals surface area contributed by atoms with Crippen LogP contribution in [0.15, 0.2) is 24.3 Å². The number of halogens is 1. The molecule has 4 atom stereocenters. The highest BCUT2D eigenvalue weighted by atomic mass is 35.5. The molecule has 2 amide bonds. The van der Waals surface area contributed by atoms with Crippen LogP contribution in [-0.2, 0) is 25.6 Å².